The van der Waals surface area contributed by atoms with Gasteiger partial charge in [0, 0.05) is 12.1 Å². The van der Waals surface area contributed by atoms with Gasteiger partial charge in [-0.3, -0.25) is 4.79 Å². The Bertz CT molecular complexity index is 467. The minimum Gasteiger partial charge on any atom is -0.348 e. The van der Waals surface area contributed by atoms with Crippen molar-refractivity contribution in [1.29, 1.82) is 0 Å². The molecule has 0 radical (unpaired) electrons. The second-order valence-corrected chi connectivity index (χ2v) is 5.42. The summed E-state index contributed by atoms with van der Waals surface area (Å²) in [7, 11) is 0. The molecular weight excluding hydrogens is 272 g/mol. The van der Waals surface area contributed by atoms with Crippen LogP contribution in [0.1, 0.15) is 42.5 Å². The van der Waals surface area contributed by atoms with Gasteiger partial charge in [0.05, 0.1) is 10.9 Å². The third-order valence-electron chi connectivity index (χ3n) is 3.42. The van der Waals surface area contributed by atoms with Gasteiger partial charge in [-0.05, 0) is 25.0 Å². The standard InChI is InChI=1S/C14H16ClF2NO/c15-11-4-2-1-3-5-13(11)18-14(19)10-7-6-9(16)8-12(10)17/h6-8,11,13H,1-5H2,(H,18,19). The molecule has 1 aromatic carbocycles. The zero-order valence-corrected chi connectivity index (χ0v) is 11.2. The van der Waals surface area contributed by atoms with Crippen molar-refractivity contribution in [3.8, 4) is 0 Å². The number of carbonyl (C=O) groups is 1. The molecule has 1 saturated carbocycles. The second kappa shape index (κ2) is 6.33. The average molecular weight is 288 g/mol. The zero-order chi connectivity index (χ0) is 13.8. The predicted molar refractivity (Wildman–Crippen MR) is 70.3 cm³/mol. The van der Waals surface area contributed by atoms with Gasteiger partial charge in [-0.15, -0.1) is 11.6 Å². The molecule has 1 N–H and O–H groups in total. The molecule has 0 spiro atoms. The second-order valence-electron chi connectivity index (χ2n) is 4.86. The lowest BCUT2D eigenvalue weighted by atomic mass is 10.1. The van der Waals surface area contributed by atoms with Crippen molar-refractivity contribution in [2.24, 2.45) is 0 Å². The normalized spacial score (nSPS) is 23.7. The highest BCUT2D eigenvalue weighted by Gasteiger charge is 2.24. The van der Waals surface area contributed by atoms with E-state index in [-0.39, 0.29) is 17.0 Å². The van der Waals surface area contributed by atoms with Crippen molar-refractivity contribution in [3.05, 3.63) is 35.4 Å². The van der Waals surface area contributed by atoms with Gasteiger partial charge in [0.25, 0.3) is 5.91 Å². The molecule has 2 atom stereocenters. The molecule has 2 unspecified atom stereocenters. The molecular formula is C14H16ClF2NO. The Hall–Kier alpha value is -1.16. The first kappa shape index (κ1) is 14.3. The third-order valence-corrected chi connectivity index (χ3v) is 3.95. The van der Waals surface area contributed by atoms with E-state index in [2.05, 4.69) is 5.32 Å². The Morgan fingerprint density at radius 1 is 1.21 bits per heavy atom. The van der Waals surface area contributed by atoms with Gasteiger partial charge in [0.2, 0.25) is 0 Å². The molecule has 0 bridgehead atoms. The van der Waals surface area contributed by atoms with Crippen molar-refractivity contribution < 1.29 is 13.6 Å². The lowest BCUT2D eigenvalue weighted by Gasteiger charge is -2.21. The fourth-order valence-corrected chi connectivity index (χ4v) is 2.69. The van der Waals surface area contributed by atoms with Crippen LogP contribution in [0.15, 0.2) is 18.2 Å². The van der Waals surface area contributed by atoms with Crippen molar-refractivity contribution >= 4 is 17.5 Å². The molecule has 0 aliphatic heterocycles. The number of hydrogen-bond donors (Lipinski definition) is 1. The lowest BCUT2D eigenvalue weighted by molar-refractivity contribution is 0.0930. The van der Waals surface area contributed by atoms with Gasteiger partial charge in [0.15, 0.2) is 0 Å². The van der Waals surface area contributed by atoms with Crippen LogP contribution in [0.25, 0.3) is 0 Å². The molecule has 0 heterocycles. The highest BCUT2D eigenvalue weighted by Crippen LogP contribution is 2.23. The topological polar surface area (TPSA) is 29.1 Å². The van der Waals surface area contributed by atoms with E-state index in [4.69, 9.17) is 11.6 Å². The number of hydrogen-bond acceptors (Lipinski definition) is 1. The third kappa shape index (κ3) is 3.66. The maximum atomic E-state index is 13.5. The summed E-state index contributed by atoms with van der Waals surface area (Å²) in [5.41, 5.74) is -0.144. The molecule has 19 heavy (non-hydrogen) atoms. The van der Waals surface area contributed by atoms with Gasteiger partial charge in [-0.2, -0.15) is 0 Å². The quantitative estimate of drug-likeness (QED) is 0.653. The molecule has 104 valence electrons. The van der Waals surface area contributed by atoms with Gasteiger partial charge in [-0.25, -0.2) is 8.78 Å². The summed E-state index contributed by atoms with van der Waals surface area (Å²) in [6.07, 6.45) is 4.78. The minimum atomic E-state index is -0.850. The van der Waals surface area contributed by atoms with Crippen molar-refractivity contribution in [2.45, 2.75) is 43.5 Å². The summed E-state index contributed by atoms with van der Waals surface area (Å²) < 4.78 is 26.3. The monoisotopic (exact) mass is 287 g/mol. The number of alkyl halides is 1. The van der Waals surface area contributed by atoms with Crippen LogP contribution in [0.3, 0.4) is 0 Å². The summed E-state index contributed by atoms with van der Waals surface area (Å²) in [6.45, 7) is 0. The first-order valence-electron chi connectivity index (χ1n) is 6.48. The number of halogens is 3. The van der Waals surface area contributed by atoms with Gasteiger partial charge in [0.1, 0.15) is 11.6 Å². The molecule has 2 nitrogen and oxygen atoms in total. The van der Waals surface area contributed by atoms with Gasteiger partial charge in [-0.1, -0.05) is 19.3 Å². The Balaban J connectivity index is 2.07. The number of nitrogens with one attached hydrogen (secondary N) is 1. The van der Waals surface area contributed by atoms with E-state index in [0.717, 1.165) is 44.2 Å². The Morgan fingerprint density at radius 3 is 2.68 bits per heavy atom. The molecule has 1 aromatic rings. The number of carbonyl (C=O) groups excluding carboxylic acids is 1. The predicted octanol–water partition coefficient (Wildman–Crippen LogP) is 3.63. The van der Waals surface area contributed by atoms with E-state index in [0.29, 0.717) is 6.07 Å². The van der Waals surface area contributed by atoms with Crippen LogP contribution in [-0.4, -0.2) is 17.3 Å². The average Bonchev–Trinajstić information content (AvgIpc) is 2.55. The lowest BCUT2D eigenvalue weighted by Crippen LogP contribution is -2.40. The molecule has 1 fully saturated rings. The SMILES string of the molecule is O=C(NC1CCCCCC1Cl)c1ccc(F)cc1F. The van der Waals surface area contributed by atoms with Crippen LogP contribution in [0.4, 0.5) is 8.78 Å². The van der Waals surface area contributed by atoms with Crippen molar-refractivity contribution in [2.75, 3.05) is 0 Å². The summed E-state index contributed by atoms with van der Waals surface area (Å²) >= 11 is 6.22. The fourth-order valence-electron chi connectivity index (χ4n) is 2.34. The maximum Gasteiger partial charge on any atom is 0.254 e. The van der Waals surface area contributed by atoms with Crippen molar-refractivity contribution in [3.63, 3.8) is 0 Å². The summed E-state index contributed by atoms with van der Waals surface area (Å²) in [5, 5.41) is 2.62. The van der Waals surface area contributed by atoms with Crippen molar-refractivity contribution in [1.82, 2.24) is 5.32 Å². The van der Waals surface area contributed by atoms with Gasteiger partial charge >= 0.3 is 0 Å². The summed E-state index contributed by atoms with van der Waals surface area (Å²) in [4.78, 5) is 12.0. The molecule has 0 saturated heterocycles. The fraction of sp³-hybridized carbons (Fsp3) is 0.500. The highest BCUT2D eigenvalue weighted by molar-refractivity contribution is 6.21. The van der Waals surface area contributed by atoms with E-state index in [1.54, 1.807) is 0 Å². The van der Waals surface area contributed by atoms with Crippen LogP contribution < -0.4 is 5.32 Å². The summed E-state index contributed by atoms with van der Waals surface area (Å²) in [5.74, 6) is -2.08. The van der Waals surface area contributed by atoms with E-state index >= 15 is 0 Å². The molecule has 1 amide bonds. The molecule has 5 heteroatoms. The number of benzene rings is 1. The zero-order valence-electron chi connectivity index (χ0n) is 10.5. The Kier molecular flexibility index (Phi) is 4.75. The number of amides is 1. The Morgan fingerprint density at radius 2 is 1.95 bits per heavy atom. The van der Waals surface area contributed by atoms with Crippen LogP contribution >= 0.6 is 11.6 Å². The van der Waals surface area contributed by atoms with E-state index < -0.39 is 17.5 Å². The highest BCUT2D eigenvalue weighted by atomic mass is 35.5. The minimum absolute atomic E-state index is 0.130. The smallest absolute Gasteiger partial charge is 0.254 e. The molecule has 1 aliphatic carbocycles. The van der Waals surface area contributed by atoms with E-state index in [1.807, 2.05) is 0 Å². The van der Waals surface area contributed by atoms with Crippen LogP contribution in [0, 0.1) is 11.6 Å². The Labute approximate surface area is 116 Å². The largest absolute Gasteiger partial charge is 0.348 e. The molecule has 1 aliphatic rings. The maximum absolute atomic E-state index is 13.5. The first-order chi connectivity index (χ1) is 9.08. The van der Waals surface area contributed by atoms with Crippen LogP contribution in [0.2, 0.25) is 0 Å². The first-order valence-corrected chi connectivity index (χ1v) is 6.91. The molecule has 2 rings (SSSR count). The summed E-state index contributed by atoms with van der Waals surface area (Å²) in [6, 6.07) is 2.78. The van der Waals surface area contributed by atoms with E-state index in [9.17, 15) is 13.6 Å². The van der Waals surface area contributed by atoms with Gasteiger partial charge < -0.3 is 5.32 Å². The van der Waals surface area contributed by atoms with E-state index in [1.165, 1.54) is 0 Å². The molecule has 0 aromatic heterocycles. The van der Waals surface area contributed by atoms with Crippen LogP contribution in [-0.2, 0) is 0 Å². The number of rotatable bonds is 2. The van der Waals surface area contributed by atoms with Crippen LogP contribution in [0.5, 0.6) is 0 Å².